The Bertz CT molecular complexity index is 3450. The van der Waals surface area contributed by atoms with E-state index in [4.69, 9.17) is 0 Å². The lowest BCUT2D eigenvalue weighted by atomic mass is 9.85. The normalized spacial score (nSPS) is 12.1. The fraction of sp³-hybridized carbons (Fsp3) is 0. The van der Waals surface area contributed by atoms with Gasteiger partial charge in [-0.1, -0.05) is 158 Å². The van der Waals surface area contributed by atoms with Gasteiger partial charge in [0, 0.05) is 51.1 Å². The summed E-state index contributed by atoms with van der Waals surface area (Å²) in [6.07, 6.45) is 0. The number of fused-ring (bicyclic) bond motifs is 12. The van der Waals surface area contributed by atoms with Crippen molar-refractivity contribution in [2.24, 2.45) is 0 Å². The molecule has 54 heavy (non-hydrogen) atoms. The largest absolute Gasteiger partial charge is 0.135 e. The number of hydrogen-bond donors (Lipinski definition) is 0. The third kappa shape index (κ3) is 4.42. The molecule has 2 heteroatoms. The summed E-state index contributed by atoms with van der Waals surface area (Å²) in [6.45, 7) is 0. The second kappa shape index (κ2) is 11.6. The molecule has 0 saturated carbocycles. The monoisotopic (exact) mass is 718 g/mol. The first-order valence-electron chi connectivity index (χ1n) is 18.5. The van der Waals surface area contributed by atoms with Crippen LogP contribution in [0.4, 0.5) is 0 Å². The van der Waals surface area contributed by atoms with Crippen molar-refractivity contribution in [3.63, 3.8) is 0 Å². The zero-order valence-electron chi connectivity index (χ0n) is 29.1. The summed E-state index contributed by atoms with van der Waals surface area (Å²) in [6, 6.07) is 67.8. The van der Waals surface area contributed by atoms with Gasteiger partial charge in [0.2, 0.25) is 0 Å². The molecule has 0 aliphatic carbocycles. The molecule has 12 aromatic rings. The molecule has 250 valence electrons. The molecule has 0 unspecified atom stereocenters. The van der Waals surface area contributed by atoms with Gasteiger partial charge in [0.1, 0.15) is 0 Å². The molecule has 0 saturated heterocycles. The number of rotatable bonds is 3. The molecule has 0 N–H and O–H groups in total. The Balaban J connectivity index is 1.02. The van der Waals surface area contributed by atoms with Gasteiger partial charge < -0.3 is 0 Å². The average molecular weight is 719 g/mol. The highest BCUT2D eigenvalue weighted by Crippen LogP contribution is 2.47. The average Bonchev–Trinajstić information content (AvgIpc) is 3.81. The van der Waals surface area contributed by atoms with Crippen LogP contribution in [-0.2, 0) is 0 Å². The van der Waals surface area contributed by atoms with Crippen molar-refractivity contribution in [1.29, 1.82) is 0 Å². The van der Waals surface area contributed by atoms with Gasteiger partial charge in [-0.2, -0.15) is 0 Å². The topological polar surface area (TPSA) is 0 Å². The lowest BCUT2D eigenvalue weighted by Crippen LogP contribution is -1.91. The quantitative estimate of drug-likeness (QED) is 0.160. The minimum absolute atomic E-state index is 1.23. The Morgan fingerprint density at radius 1 is 0.241 bits per heavy atom. The number of benzene rings is 10. The van der Waals surface area contributed by atoms with Gasteiger partial charge in [-0.25, -0.2) is 0 Å². The Morgan fingerprint density at radius 2 is 0.685 bits per heavy atom. The van der Waals surface area contributed by atoms with Crippen LogP contribution < -0.4 is 0 Å². The van der Waals surface area contributed by atoms with Crippen LogP contribution in [0.25, 0.3) is 117 Å². The van der Waals surface area contributed by atoms with Gasteiger partial charge in [0.05, 0.1) is 0 Å². The van der Waals surface area contributed by atoms with E-state index in [9.17, 15) is 0 Å². The maximum absolute atomic E-state index is 2.40. The molecule has 12 rings (SSSR count). The Morgan fingerprint density at radius 3 is 1.35 bits per heavy atom. The summed E-state index contributed by atoms with van der Waals surface area (Å²) in [4.78, 5) is 0. The molecule has 2 heterocycles. The van der Waals surface area contributed by atoms with Crippen LogP contribution >= 0.6 is 22.7 Å². The van der Waals surface area contributed by atoms with Crippen LogP contribution in [0.5, 0.6) is 0 Å². The van der Waals surface area contributed by atoms with E-state index in [1.54, 1.807) is 0 Å². The first kappa shape index (κ1) is 30.2. The molecule has 0 bridgehead atoms. The molecule has 0 nitrogen and oxygen atoms in total. The molecule has 2 aromatic heterocycles. The highest BCUT2D eigenvalue weighted by atomic mass is 32.1. The zero-order chi connectivity index (χ0) is 35.3. The third-order valence-corrected chi connectivity index (χ3v) is 13.9. The van der Waals surface area contributed by atoms with Crippen molar-refractivity contribution in [2.75, 3.05) is 0 Å². The molecule has 0 aliphatic rings. The molecule has 0 atom stereocenters. The SMILES string of the molecule is c1cc(-c2ccc3c(c2)sc2c3ccc3c2ccc2c4ccccc4sc23)cc(-c2c3ccccc3c(-c3ccc4ccccc4c3)c3ccccc23)c1. The summed E-state index contributed by atoms with van der Waals surface area (Å²) in [5, 5.41) is 15.7. The van der Waals surface area contributed by atoms with E-state index in [-0.39, 0.29) is 0 Å². The van der Waals surface area contributed by atoms with E-state index in [1.165, 1.54) is 117 Å². The summed E-state index contributed by atoms with van der Waals surface area (Å²) in [5.74, 6) is 0. The lowest BCUT2D eigenvalue weighted by molar-refractivity contribution is 1.63. The fourth-order valence-corrected chi connectivity index (χ4v) is 11.5. The minimum Gasteiger partial charge on any atom is -0.135 e. The number of hydrogen-bond acceptors (Lipinski definition) is 2. The van der Waals surface area contributed by atoms with Crippen LogP contribution in [0.3, 0.4) is 0 Å². The molecular weight excluding hydrogens is 689 g/mol. The van der Waals surface area contributed by atoms with Crippen molar-refractivity contribution in [3.8, 4) is 33.4 Å². The van der Waals surface area contributed by atoms with E-state index in [2.05, 4.69) is 182 Å². The first-order valence-corrected chi connectivity index (χ1v) is 20.1. The second-order valence-corrected chi connectivity index (χ2v) is 16.5. The van der Waals surface area contributed by atoms with E-state index < -0.39 is 0 Å². The van der Waals surface area contributed by atoms with Crippen LogP contribution in [0, 0.1) is 0 Å². The lowest BCUT2D eigenvalue weighted by Gasteiger charge is -2.18. The van der Waals surface area contributed by atoms with Crippen LogP contribution in [-0.4, -0.2) is 0 Å². The van der Waals surface area contributed by atoms with Crippen LogP contribution in [0.15, 0.2) is 182 Å². The maximum Gasteiger partial charge on any atom is 0.0434 e. The molecule has 0 amide bonds. The maximum atomic E-state index is 2.40. The zero-order valence-corrected chi connectivity index (χ0v) is 30.8. The van der Waals surface area contributed by atoms with Gasteiger partial charge in [-0.3, -0.25) is 0 Å². The smallest absolute Gasteiger partial charge is 0.0434 e. The van der Waals surface area contributed by atoms with E-state index in [0.29, 0.717) is 0 Å². The fourth-order valence-electron chi connectivity index (χ4n) is 8.95. The molecular formula is C52H30S2. The van der Waals surface area contributed by atoms with E-state index >= 15 is 0 Å². The highest BCUT2D eigenvalue weighted by molar-refractivity contribution is 7.28. The summed E-state index contributed by atoms with van der Waals surface area (Å²) in [5.41, 5.74) is 7.54. The Labute approximate surface area is 319 Å². The molecule has 0 radical (unpaired) electrons. The van der Waals surface area contributed by atoms with E-state index in [0.717, 1.165) is 0 Å². The molecule has 0 spiro atoms. The second-order valence-electron chi connectivity index (χ2n) is 14.4. The van der Waals surface area contributed by atoms with Crippen molar-refractivity contribution in [2.45, 2.75) is 0 Å². The van der Waals surface area contributed by atoms with Gasteiger partial charge >= 0.3 is 0 Å². The minimum atomic E-state index is 1.23. The molecule has 0 aliphatic heterocycles. The molecule has 0 fully saturated rings. The van der Waals surface area contributed by atoms with Crippen molar-refractivity contribution in [1.82, 2.24) is 0 Å². The van der Waals surface area contributed by atoms with Gasteiger partial charge in [0.25, 0.3) is 0 Å². The van der Waals surface area contributed by atoms with E-state index in [1.807, 2.05) is 22.7 Å². The summed E-state index contributed by atoms with van der Waals surface area (Å²) in [7, 11) is 0. The van der Waals surface area contributed by atoms with Crippen molar-refractivity contribution < 1.29 is 0 Å². The third-order valence-electron chi connectivity index (χ3n) is 11.4. The standard InChI is InChI=1S/C52H30S2/c1-2-11-32-28-36(21-20-31(32)10-1)50-41-17-5-3-15-39(41)49(40-16-4-6-18-42(40)50)35-13-9-12-33(29-35)34-22-23-38-44-25-27-45-46(52(44)54-48(38)30-34)26-24-43-37-14-7-8-19-47(37)53-51(43)45/h1-30H. The van der Waals surface area contributed by atoms with Gasteiger partial charge in [-0.05, 0) is 90.0 Å². The Hall–Kier alpha value is -6.32. The summed E-state index contributed by atoms with van der Waals surface area (Å²) < 4.78 is 5.44. The van der Waals surface area contributed by atoms with Gasteiger partial charge in [0.15, 0.2) is 0 Å². The highest BCUT2D eigenvalue weighted by Gasteiger charge is 2.18. The van der Waals surface area contributed by atoms with Crippen LogP contribution in [0.2, 0.25) is 0 Å². The predicted octanol–water partition coefficient (Wildman–Crippen LogP) is 16.0. The Kier molecular flexibility index (Phi) is 6.48. The van der Waals surface area contributed by atoms with Crippen LogP contribution in [0.1, 0.15) is 0 Å². The number of thiophene rings is 2. The van der Waals surface area contributed by atoms with Gasteiger partial charge in [-0.15, -0.1) is 22.7 Å². The van der Waals surface area contributed by atoms with Crippen molar-refractivity contribution >= 4 is 106 Å². The van der Waals surface area contributed by atoms with Crippen molar-refractivity contribution in [3.05, 3.63) is 182 Å². The first-order chi connectivity index (χ1) is 26.8. The summed E-state index contributed by atoms with van der Waals surface area (Å²) >= 11 is 3.84. The predicted molar refractivity (Wildman–Crippen MR) is 239 cm³/mol. The molecule has 10 aromatic carbocycles.